The van der Waals surface area contributed by atoms with Gasteiger partial charge in [-0.05, 0) is 31.0 Å². The summed E-state index contributed by atoms with van der Waals surface area (Å²) < 4.78 is 5.45. The van der Waals surface area contributed by atoms with Crippen LogP contribution in [0.5, 0.6) is 0 Å². The molecule has 170 valence electrons. The Morgan fingerprint density at radius 1 is 1.03 bits per heavy atom. The van der Waals surface area contributed by atoms with Crippen LogP contribution in [0.1, 0.15) is 16.7 Å². The van der Waals surface area contributed by atoms with Gasteiger partial charge in [0.1, 0.15) is 10.9 Å². The van der Waals surface area contributed by atoms with Gasteiger partial charge in [-0.15, -0.1) is 0 Å². The number of fused-ring (bicyclic) bond motifs is 1. The number of amides is 3. The van der Waals surface area contributed by atoms with Crippen LogP contribution < -0.4 is 10.2 Å². The highest BCUT2D eigenvalue weighted by molar-refractivity contribution is 8.26. The molecule has 2 heterocycles. The minimum absolute atomic E-state index is 0.170. The molecule has 0 aliphatic carbocycles. The third-order valence-corrected chi connectivity index (χ3v) is 7.01. The molecule has 1 saturated heterocycles. The highest BCUT2D eigenvalue weighted by atomic mass is 32.2. The summed E-state index contributed by atoms with van der Waals surface area (Å²) in [6.07, 6.45) is 0. The second kappa shape index (κ2) is 9.46. The Morgan fingerprint density at radius 2 is 1.73 bits per heavy atom. The van der Waals surface area contributed by atoms with E-state index in [-0.39, 0.29) is 34.7 Å². The van der Waals surface area contributed by atoms with Crippen molar-refractivity contribution in [2.24, 2.45) is 0 Å². The number of para-hydroxylation sites is 2. The van der Waals surface area contributed by atoms with Crippen LogP contribution in [0.15, 0.2) is 47.4 Å². The highest BCUT2D eigenvalue weighted by Gasteiger charge is 2.42. The lowest BCUT2D eigenvalue weighted by Gasteiger charge is -2.18. The number of carbonyl (C=O) groups excluding carboxylic acids is 3. The molecule has 33 heavy (non-hydrogen) atoms. The zero-order chi connectivity index (χ0) is 23.7. The summed E-state index contributed by atoms with van der Waals surface area (Å²) >= 11 is 6.47. The fourth-order valence-corrected chi connectivity index (χ4v) is 5.30. The van der Waals surface area contributed by atoms with Gasteiger partial charge in [-0.1, -0.05) is 60.4 Å². The molecular formula is C24H23N3O4S2. The van der Waals surface area contributed by atoms with Gasteiger partial charge in [0.2, 0.25) is 5.91 Å². The van der Waals surface area contributed by atoms with E-state index in [2.05, 4.69) is 5.32 Å². The van der Waals surface area contributed by atoms with E-state index in [0.717, 1.165) is 28.6 Å². The van der Waals surface area contributed by atoms with Crippen molar-refractivity contribution in [1.82, 2.24) is 4.90 Å². The van der Waals surface area contributed by atoms with Gasteiger partial charge in [-0.2, -0.15) is 0 Å². The van der Waals surface area contributed by atoms with Crippen molar-refractivity contribution < 1.29 is 19.1 Å². The summed E-state index contributed by atoms with van der Waals surface area (Å²) in [5.41, 5.74) is 4.11. The average molecular weight is 482 g/mol. The van der Waals surface area contributed by atoms with Crippen molar-refractivity contribution in [3.8, 4) is 0 Å². The van der Waals surface area contributed by atoms with E-state index in [1.165, 1.54) is 9.80 Å². The van der Waals surface area contributed by atoms with E-state index in [4.69, 9.17) is 17.0 Å². The van der Waals surface area contributed by atoms with Gasteiger partial charge in [0, 0.05) is 18.4 Å². The number of thiocarbonyl (C=S) groups is 1. The molecule has 4 rings (SSSR count). The van der Waals surface area contributed by atoms with Crippen LogP contribution >= 0.6 is 24.0 Å². The van der Waals surface area contributed by atoms with Crippen LogP contribution in [0.2, 0.25) is 0 Å². The molecule has 9 heteroatoms. The number of nitrogens with one attached hydrogen (secondary N) is 1. The number of hydrogen-bond donors (Lipinski definition) is 1. The van der Waals surface area contributed by atoms with Crippen molar-refractivity contribution >= 4 is 63.0 Å². The van der Waals surface area contributed by atoms with E-state index >= 15 is 0 Å². The van der Waals surface area contributed by atoms with E-state index in [1.54, 1.807) is 31.4 Å². The Bertz CT molecular complexity index is 1190. The van der Waals surface area contributed by atoms with Crippen LogP contribution in [0, 0.1) is 13.8 Å². The molecule has 0 bridgehead atoms. The molecule has 0 spiro atoms. The summed E-state index contributed by atoms with van der Waals surface area (Å²) in [5.74, 6) is -1.02. The molecule has 2 aliphatic rings. The number of aryl methyl sites for hydroxylation is 2. The molecule has 0 unspecified atom stereocenters. The van der Waals surface area contributed by atoms with Crippen LogP contribution in [-0.2, 0) is 19.1 Å². The first kappa shape index (κ1) is 23.2. The molecule has 0 radical (unpaired) electrons. The summed E-state index contributed by atoms with van der Waals surface area (Å²) in [6, 6.07) is 12.9. The number of thioether (sulfide) groups is 1. The Hall–Kier alpha value is -3.01. The Balaban J connectivity index is 1.64. The Kier molecular flexibility index (Phi) is 6.64. The zero-order valence-electron chi connectivity index (χ0n) is 18.5. The predicted molar refractivity (Wildman–Crippen MR) is 134 cm³/mol. The first-order valence-corrected chi connectivity index (χ1v) is 11.6. The van der Waals surface area contributed by atoms with E-state index in [9.17, 15) is 14.4 Å². The Labute approximate surface area is 201 Å². The zero-order valence-corrected chi connectivity index (χ0v) is 20.1. The number of nitrogens with zero attached hydrogens (tertiary/aromatic N) is 2. The van der Waals surface area contributed by atoms with Gasteiger partial charge < -0.3 is 10.1 Å². The van der Waals surface area contributed by atoms with E-state index < -0.39 is 0 Å². The molecule has 1 fully saturated rings. The molecular weight excluding hydrogens is 458 g/mol. The molecule has 7 nitrogen and oxygen atoms in total. The van der Waals surface area contributed by atoms with Gasteiger partial charge in [-0.3, -0.25) is 24.2 Å². The number of benzene rings is 2. The highest BCUT2D eigenvalue weighted by Crippen LogP contribution is 2.44. The van der Waals surface area contributed by atoms with E-state index in [1.807, 2.05) is 32.0 Å². The third kappa shape index (κ3) is 4.31. The van der Waals surface area contributed by atoms with Crippen molar-refractivity contribution in [2.45, 2.75) is 13.8 Å². The van der Waals surface area contributed by atoms with E-state index in [0.29, 0.717) is 28.7 Å². The average Bonchev–Trinajstić information content (AvgIpc) is 3.22. The quantitative estimate of drug-likeness (QED) is 0.503. The summed E-state index contributed by atoms with van der Waals surface area (Å²) in [7, 11) is 1.55. The fourth-order valence-electron chi connectivity index (χ4n) is 3.92. The lowest BCUT2D eigenvalue weighted by atomic mass is 10.1. The van der Waals surface area contributed by atoms with Gasteiger partial charge in [0.05, 0.1) is 29.3 Å². The number of ether oxygens (including phenoxy) is 1. The normalized spacial score (nSPS) is 17.7. The minimum Gasteiger partial charge on any atom is -0.383 e. The van der Waals surface area contributed by atoms with Gasteiger partial charge >= 0.3 is 0 Å². The summed E-state index contributed by atoms with van der Waals surface area (Å²) in [4.78, 5) is 42.6. The standard InChI is InChI=1S/C24H23N3O4S2/c1-14-7-6-8-15(2)20(14)25-18(28)13-27-17-10-5-4-9-16(17)19(22(27)29)21-23(30)26(11-12-31-3)24(32)33-21/h4-10H,11-13H2,1-3H3,(H,25,28)/b21-19-. The molecule has 1 N–H and O–H groups in total. The summed E-state index contributed by atoms with van der Waals surface area (Å²) in [5, 5.41) is 2.92. The molecule has 0 saturated carbocycles. The largest absolute Gasteiger partial charge is 0.383 e. The maximum absolute atomic E-state index is 13.5. The molecule has 2 aromatic rings. The SMILES string of the molecule is COCCN1C(=O)/C(=C2/C(=O)N(CC(=O)Nc3c(C)cccc3C)c3ccccc32)SC1=S. The Morgan fingerprint density at radius 3 is 2.42 bits per heavy atom. The fraction of sp³-hybridized carbons (Fsp3) is 0.250. The third-order valence-electron chi connectivity index (χ3n) is 5.57. The van der Waals surface area contributed by atoms with Gasteiger partial charge in [-0.25, -0.2) is 0 Å². The number of anilines is 2. The number of hydrogen-bond acceptors (Lipinski definition) is 6. The van der Waals surface area contributed by atoms with Crippen LogP contribution in [0.3, 0.4) is 0 Å². The topological polar surface area (TPSA) is 79.0 Å². The van der Waals surface area contributed by atoms with Crippen molar-refractivity contribution in [3.63, 3.8) is 0 Å². The maximum atomic E-state index is 13.5. The monoisotopic (exact) mass is 481 g/mol. The predicted octanol–water partition coefficient (Wildman–Crippen LogP) is 3.51. The lowest BCUT2D eigenvalue weighted by Crippen LogP contribution is -2.36. The van der Waals surface area contributed by atoms with Crippen LogP contribution in [0.4, 0.5) is 11.4 Å². The molecule has 2 aromatic carbocycles. The molecule has 0 aromatic heterocycles. The van der Waals surface area contributed by atoms with Crippen molar-refractivity contribution in [3.05, 3.63) is 64.1 Å². The molecule has 0 atom stereocenters. The second-order valence-corrected chi connectivity index (χ2v) is 9.39. The van der Waals surface area contributed by atoms with Crippen molar-refractivity contribution in [1.29, 1.82) is 0 Å². The number of methoxy groups -OCH3 is 1. The molecule has 3 amide bonds. The number of rotatable bonds is 6. The summed E-state index contributed by atoms with van der Waals surface area (Å²) in [6.45, 7) is 4.32. The second-order valence-electron chi connectivity index (χ2n) is 7.75. The van der Waals surface area contributed by atoms with Crippen molar-refractivity contribution in [2.75, 3.05) is 37.0 Å². The number of carbonyl (C=O) groups is 3. The van der Waals surface area contributed by atoms with Gasteiger partial charge in [0.25, 0.3) is 11.8 Å². The molecule has 2 aliphatic heterocycles. The minimum atomic E-state index is -0.389. The lowest BCUT2D eigenvalue weighted by molar-refractivity contribution is -0.122. The first-order valence-electron chi connectivity index (χ1n) is 10.4. The first-order chi connectivity index (χ1) is 15.8. The van der Waals surface area contributed by atoms with Gasteiger partial charge in [0.15, 0.2) is 0 Å². The van der Waals surface area contributed by atoms with Crippen LogP contribution in [0.25, 0.3) is 5.57 Å². The maximum Gasteiger partial charge on any atom is 0.267 e. The smallest absolute Gasteiger partial charge is 0.267 e. The van der Waals surface area contributed by atoms with Crippen LogP contribution in [-0.4, -0.2) is 53.7 Å².